The van der Waals surface area contributed by atoms with Gasteiger partial charge in [0.15, 0.2) is 0 Å². The fraction of sp³-hybridized carbons (Fsp3) is 0.308. The summed E-state index contributed by atoms with van der Waals surface area (Å²) in [7, 11) is 0. The topological polar surface area (TPSA) is 37.3 Å². The number of hydrogen-bond acceptors (Lipinski definition) is 2. The van der Waals surface area contributed by atoms with Crippen LogP contribution in [0.15, 0.2) is 30.3 Å². The molecule has 2 nitrogen and oxygen atoms in total. The SMILES string of the molecule is C#CCCSC(Cc1ccccc1)C(=O)O. The Morgan fingerprint density at radius 2 is 2.12 bits per heavy atom. The zero-order chi connectivity index (χ0) is 11.8. The van der Waals surface area contributed by atoms with E-state index in [2.05, 4.69) is 5.92 Å². The standard InChI is InChI=1S/C13H14O2S/c1-2-3-9-16-12(13(14)15)10-11-7-5-4-6-8-11/h1,4-8,12H,3,9-10H2,(H,14,15). The van der Waals surface area contributed by atoms with Gasteiger partial charge >= 0.3 is 5.97 Å². The van der Waals surface area contributed by atoms with Gasteiger partial charge in [-0.25, -0.2) is 0 Å². The van der Waals surface area contributed by atoms with Crippen LogP contribution in [0.25, 0.3) is 0 Å². The van der Waals surface area contributed by atoms with Crippen molar-refractivity contribution in [2.45, 2.75) is 18.1 Å². The highest BCUT2D eigenvalue weighted by atomic mass is 32.2. The van der Waals surface area contributed by atoms with Gasteiger partial charge < -0.3 is 5.11 Å². The summed E-state index contributed by atoms with van der Waals surface area (Å²) in [5, 5.41) is 8.65. The van der Waals surface area contributed by atoms with Gasteiger partial charge in [-0.2, -0.15) is 0 Å². The minimum atomic E-state index is -0.772. The van der Waals surface area contributed by atoms with Crippen molar-refractivity contribution in [3.8, 4) is 12.3 Å². The van der Waals surface area contributed by atoms with E-state index in [4.69, 9.17) is 11.5 Å². The molecule has 0 fully saturated rings. The van der Waals surface area contributed by atoms with Gasteiger partial charge in [-0.05, 0) is 12.0 Å². The van der Waals surface area contributed by atoms with E-state index in [0.29, 0.717) is 18.6 Å². The van der Waals surface area contributed by atoms with Crippen molar-refractivity contribution in [1.29, 1.82) is 0 Å². The molecule has 84 valence electrons. The second kappa shape index (κ2) is 6.97. The van der Waals surface area contributed by atoms with Crippen molar-refractivity contribution in [2.24, 2.45) is 0 Å². The second-order valence-electron chi connectivity index (χ2n) is 3.34. The van der Waals surface area contributed by atoms with Crippen molar-refractivity contribution < 1.29 is 9.90 Å². The molecule has 1 atom stereocenters. The molecular weight excluding hydrogens is 220 g/mol. The third-order valence-electron chi connectivity index (χ3n) is 2.10. The quantitative estimate of drug-likeness (QED) is 0.607. The van der Waals surface area contributed by atoms with Crippen LogP contribution in [-0.2, 0) is 11.2 Å². The second-order valence-corrected chi connectivity index (χ2v) is 4.65. The van der Waals surface area contributed by atoms with Crippen LogP contribution in [0.5, 0.6) is 0 Å². The van der Waals surface area contributed by atoms with Crippen LogP contribution in [0, 0.1) is 12.3 Å². The largest absolute Gasteiger partial charge is 0.480 e. The smallest absolute Gasteiger partial charge is 0.316 e. The Kier molecular flexibility index (Phi) is 5.52. The predicted molar refractivity (Wildman–Crippen MR) is 67.5 cm³/mol. The molecule has 0 heterocycles. The summed E-state index contributed by atoms with van der Waals surface area (Å²) in [6, 6.07) is 9.64. The number of carbonyl (C=O) groups is 1. The first-order valence-corrected chi connectivity index (χ1v) is 6.10. The van der Waals surface area contributed by atoms with E-state index in [1.807, 2.05) is 30.3 Å². The highest BCUT2D eigenvalue weighted by Crippen LogP contribution is 2.17. The summed E-state index contributed by atoms with van der Waals surface area (Å²) in [6.45, 7) is 0. The fourth-order valence-corrected chi connectivity index (χ4v) is 2.28. The molecule has 0 radical (unpaired) electrons. The van der Waals surface area contributed by atoms with Gasteiger partial charge in [-0.15, -0.1) is 24.1 Å². The van der Waals surface area contributed by atoms with Crippen LogP contribution in [0.4, 0.5) is 0 Å². The first-order chi connectivity index (χ1) is 7.74. The molecule has 1 aromatic carbocycles. The van der Waals surface area contributed by atoms with Crippen LogP contribution < -0.4 is 0 Å². The average Bonchev–Trinajstić information content (AvgIpc) is 2.29. The maximum absolute atomic E-state index is 11.0. The molecule has 0 bridgehead atoms. The van der Waals surface area contributed by atoms with E-state index in [9.17, 15) is 4.79 Å². The van der Waals surface area contributed by atoms with Crippen LogP contribution >= 0.6 is 11.8 Å². The first kappa shape index (κ1) is 12.7. The van der Waals surface area contributed by atoms with Gasteiger partial charge in [-0.1, -0.05) is 30.3 Å². The Bertz CT molecular complexity index is 367. The molecule has 1 N–H and O–H groups in total. The lowest BCUT2D eigenvalue weighted by atomic mass is 10.1. The molecule has 1 unspecified atom stereocenters. The number of rotatable bonds is 6. The molecule has 0 spiro atoms. The van der Waals surface area contributed by atoms with E-state index in [1.165, 1.54) is 11.8 Å². The Morgan fingerprint density at radius 1 is 1.44 bits per heavy atom. The molecule has 0 saturated heterocycles. The van der Waals surface area contributed by atoms with Gasteiger partial charge in [-0.3, -0.25) is 4.79 Å². The first-order valence-electron chi connectivity index (χ1n) is 5.06. The van der Waals surface area contributed by atoms with E-state index in [1.54, 1.807) is 0 Å². The lowest BCUT2D eigenvalue weighted by molar-refractivity contribution is -0.136. The minimum Gasteiger partial charge on any atom is -0.480 e. The van der Waals surface area contributed by atoms with Crippen molar-refractivity contribution in [3.05, 3.63) is 35.9 Å². The fourth-order valence-electron chi connectivity index (χ4n) is 1.31. The highest BCUT2D eigenvalue weighted by molar-refractivity contribution is 8.00. The molecule has 3 heteroatoms. The summed E-state index contributed by atoms with van der Waals surface area (Å²) in [5.74, 6) is 2.43. The van der Waals surface area contributed by atoms with Gasteiger partial charge in [0.25, 0.3) is 0 Å². The van der Waals surface area contributed by atoms with Crippen molar-refractivity contribution in [1.82, 2.24) is 0 Å². The van der Waals surface area contributed by atoms with Gasteiger partial charge in [0.2, 0.25) is 0 Å². The maximum Gasteiger partial charge on any atom is 0.316 e. The zero-order valence-electron chi connectivity index (χ0n) is 8.93. The highest BCUT2D eigenvalue weighted by Gasteiger charge is 2.17. The summed E-state index contributed by atoms with van der Waals surface area (Å²) >= 11 is 1.41. The average molecular weight is 234 g/mol. The third kappa shape index (κ3) is 4.41. The van der Waals surface area contributed by atoms with E-state index in [-0.39, 0.29) is 0 Å². The molecule has 0 aliphatic carbocycles. The number of hydrogen-bond donors (Lipinski definition) is 1. The molecule has 0 aliphatic rings. The Morgan fingerprint density at radius 3 is 2.69 bits per heavy atom. The van der Waals surface area contributed by atoms with Crippen molar-refractivity contribution >= 4 is 17.7 Å². The number of carboxylic acids is 1. The van der Waals surface area contributed by atoms with Crippen LogP contribution in [0.3, 0.4) is 0 Å². The van der Waals surface area contributed by atoms with Crippen LogP contribution in [-0.4, -0.2) is 22.1 Å². The number of terminal acetylenes is 1. The van der Waals surface area contributed by atoms with Gasteiger partial charge in [0.05, 0.1) is 0 Å². The number of carboxylic acid groups (broad SMARTS) is 1. The molecule has 0 aromatic heterocycles. The Balaban J connectivity index is 2.52. The Hall–Kier alpha value is -1.40. The molecule has 0 aliphatic heterocycles. The molecule has 0 amide bonds. The summed E-state index contributed by atoms with van der Waals surface area (Å²) < 4.78 is 0. The molecule has 0 saturated carbocycles. The number of thioether (sulfide) groups is 1. The minimum absolute atomic E-state index is 0.407. The molecule has 1 rings (SSSR count). The summed E-state index contributed by atoms with van der Waals surface area (Å²) in [4.78, 5) is 11.0. The lowest BCUT2D eigenvalue weighted by Gasteiger charge is -2.11. The zero-order valence-corrected chi connectivity index (χ0v) is 9.74. The van der Waals surface area contributed by atoms with Crippen molar-refractivity contribution in [3.63, 3.8) is 0 Å². The predicted octanol–water partition coefficient (Wildman–Crippen LogP) is 2.44. The maximum atomic E-state index is 11.0. The summed E-state index contributed by atoms with van der Waals surface area (Å²) in [6.07, 6.45) is 6.29. The number of benzene rings is 1. The lowest BCUT2D eigenvalue weighted by Crippen LogP contribution is -2.19. The van der Waals surface area contributed by atoms with Gasteiger partial charge in [0.1, 0.15) is 5.25 Å². The molecular formula is C13H14O2S. The van der Waals surface area contributed by atoms with Crippen molar-refractivity contribution in [2.75, 3.05) is 5.75 Å². The number of aliphatic carboxylic acids is 1. The van der Waals surface area contributed by atoms with E-state index in [0.717, 1.165) is 5.56 Å². The third-order valence-corrected chi connectivity index (χ3v) is 3.32. The summed E-state index contributed by atoms with van der Waals surface area (Å²) in [5.41, 5.74) is 1.04. The van der Waals surface area contributed by atoms with E-state index >= 15 is 0 Å². The van der Waals surface area contributed by atoms with Crippen LogP contribution in [0.2, 0.25) is 0 Å². The Labute approximate surface area is 100 Å². The van der Waals surface area contributed by atoms with E-state index < -0.39 is 11.2 Å². The van der Waals surface area contributed by atoms with Gasteiger partial charge in [0, 0.05) is 12.2 Å². The molecule has 1 aromatic rings. The normalized spacial score (nSPS) is 11.7. The van der Waals surface area contributed by atoms with Crippen LogP contribution in [0.1, 0.15) is 12.0 Å². The molecule has 16 heavy (non-hydrogen) atoms. The monoisotopic (exact) mass is 234 g/mol.